The zero-order chi connectivity index (χ0) is 11.3. The van der Waals surface area contributed by atoms with E-state index in [0.717, 1.165) is 22.3 Å². The van der Waals surface area contributed by atoms with Crippen molar-refractivity contribution in [3.05, 3.63) is 40.4 Å². The van der Waals surface area contributed by atoms with E-state index < -0.39 is 0 Å². The van der Waals surface area contributed by atoms with Crippen LogP contribution in [0.15, 0.2) is 34.8 Å². The SMILES string of the molecule is C=C(C)COc1cccc(CNC)c1Br. The maximum atomic E-state index is 5.61. The Kier molecular flexibility index (Phi) is 4.85. The van der Waals surface area contributed by atoms with Crippen LogP contribution in [0.5, 0.6) is 5.75 Å². The summed E-state index contributed by atoms with van der Waals surface area (Å²) in [6, 6.07) is 6.01. The fourth-order valence-electron chi connectivity index (χ4n) is 1.20. The molecule has 0 fully saturated rings. The zero-order valence-electron chi connectivity index (χ0n) is 9.14. The molecule has 0 heterocycles. The second kappa shape index (κ2) is 5.93. The minimum Gasteiger partial charge on any atom is -0.488 e. The standard InChI is InChI=1S/C12H16BrNO/c1-9(2)8-15-11-6-4-5-10(7-14-3)12(11)13/h4-6,14H,1,7-8H2,2-3H3. The van der Waals surface area contributed by atoms with Crippen LogP contribution in [-0.4, -0.2) is 13.7 Å². The van der Waals surface area contributed by atoms with Gasteiger partial charge in [0, 0.05) is 6.54 Å². The predicted molar refractivity (Wildman–Crippen MR) is 67.2 cm³/mol. The normalized spacial score (nSPS) is 10.1. The lowest BCUT2D eigenvalue weighted by Gasteiger charge is -2.11. The van der Waals surface area contributed by atoms with Crippen LogP contribution in [-0.2, 0) is 6.54 Å². The molecule has 0 bridgehead atoms. The molecule has 0 saturated heterocycles. The van der Waals surface area contributed by atoms with Crippen molar-refractivity contribution in [1.82, 2.24) is 5.32 Å². The van der Waals surface area contributed by atoms with Gasteiger partial charge in [0.25, 0.3) is 0 Å². The molecule has 1 aromatic carbocycles. The van der Waals surface area contributed by atoms with Gasteiger partial charge in [-0.15, -0.1) is 0 Å². The van der Waals surface area contributed by atoms with Crippen LogP contribution in [0, 0.1) is 0 Å². The Morgan fingerprint density at radius 2 is 2.27 bits per heavy atom. The topological polar surface area (TPSA) is 21.3 Å². The number of nitrogens with one attached hydrogen (secondary N) is 1. The molecule has 0 aromatic heterocycles. The Balaban J connectivity index is 2.79. The Morgan fingerprint density at radius 1 is 1.53 bits per heavy atom. The molecule has 0 radical (unpaired) electrons. The van der Waals surface area contributed by atoms with Crippen molar-refractivity contribution in [2.24, 2.45) is 0 Å². The van der Waals surface area contributed by atoms with Crippen LogP contribution in [0.25, 0.3) is 0 Å². The molecule has 0 atom stereocenters. The second-order valence-corrected chi connectivity index (χ2v) is 4.30. The Labute approximate surface area is 99.5 Å². The highest BCUT2D eigenvalue weighted by Crippen LogP contribution is 2.28. The minimum atomic E-state index is 0.557. The summed E-state index contributed by atoms with van der Waals surface area (Å²) in [6.45, 7) is 7.14. The first-order valence-electron chi connectivity index (χ1n) is 4.84. The molecule has 3 heteroatoms. The molecule has 1 rings (SSSR count). The molecule has 0 unspecified atom stereocenters. The van der Waals surface area contributed by atoms with E-state index >= 15 is 0 Å². The highest BCUT2D eigenvalue weighted by molar-refractivity contribution is 9.10. The van der Waals surface area contributed by atoms with Crippen LogP contribution < -0.4 is 10.1 Å². The number of ether oxygens (including phenoxy) is 1. The van der Waals surface area contributed by atoms with E-state index in [9.17, 15) is 0 Å². The monoisotopic (exact) mass is 269 g/mol. The van der Waals surface area contributed by atoms with E-state index in [4.69, 9.17) is 4.74 Å². The summed E-state index contributed by atoms with van der Waals surface area (Å²) in [4.78, 5) is 0. The van der Waals surface area contributed by atoms with Gasteiger partial charge in [-0.3, -0.25) is 0 Å². The molecule has 1 aromatic rings. The number of rotatable bonds is 5. The van der Waals surface area contributed by atoms with Crippen LogP contribution >= 0.6 is 15.9 Å². The molecule has 82 valence electrons. The van der Waals surface area contributed by atoms with Gasteiger partial charge in [0.1, 0.15) is 12.4 Å². The van der Waals surface area contributed by atoms with E-state index in [0.29, 0.717) is 6.61 Å². The number of hydrogen-bond donors (Lipinski definition) is 1. The molecular weight excluding hydrogens is 254 g/mol. The molecule has 0 amide bonds. The van der Waals surface area contributed by atoms with Crippen molar-refractivity contribution in [3.63, 3.8) is 0 Å². The molecule has 15 heavy (non-hydrogen) atoms. The van der Waals surface area contributed by atoms with Gasteiger partial charge in [0.2, 0.25) is 0 Å². The van der Waals surface area contributed by atoms with Gasteiger partial charge in [-0.25, -0.2) is 0 Å². The minimum absolute atomic E-state index is 0.557. The fraction of sp³-hybridized carbons (Fsp3) is 0.333. The Hall–Kier alpha value is -0.800. The van der Waals surface area contributed by atoms with Gasteiger partial charge in [0.05, 0.1) is 4.47 Å². The highest BCUT2D eigenvalue weighted by atomic mass is 79.9. The van der Waals surface area contributed by atoms with Gasteiger partial charge in [-0.05, 0) is 47.1 Å². The van der Waals surface area contributed by atoms with Gasteiger partial charge < -0.3 is 10.1 Å². The number of benzene rings is 1. The highest BCUT2D eigenvalue weighted by Gasteiger charge is 2.05. The summed E-state index contributed by atoms with van der Waals surface area (Å²) in [7, 11) is 1.92. The average molecular weight is 270 g/mol. The van der Waals surface area contributed by atoms with E-state index in [1.165, 1.54) is 5.56 Å². The van der Waals surface area contributed by atoms with Crippen molar-refractivity contribution in [2.75, 3.05) is 13.7 Å². The lowest BCUT2D eigenvalue weighted by molar-refractivity contribution is 0.350. The van der Waals surface area contributed by atoms with Crippen molar-refractivity contribution >= 4 is 15.9 Å². The first kappa shape index (κ1) is 12.3. The average Bonchev–Trinajstić information content (AvgIpc) is 2.19. The third-order valence-corrected chi connectivity index (χ3v) is 2.78. The quantitative estimate of drug-likeness (QED) is 0.830. The molecule has 2 nitrogen and oxygen atoms in total. The van der Waals surface area contributed by atoms with E-state index in [2.05, 4.69) is 33.9 Å². The van der Waals surface area contributed by atoms with Crippen LogP contribution in [0.3, 0.4) is 0 Å². The predicted octanol–water partition coefficient (Wildman–Crippen LogP) is 3.12. The van der Waals surface area contributed by atoms with Gasteiger partial charge in [0.15, 0.2) is 0 Å². The summed E-state index contributed by atoms with van der Waals surface area (Å²) < 4.78 is 6.63. The Bertz CT molecular complexity index is 349. The Morgan fingerprint density at radius 3 is 2.87 bits per heavy atom. The summed E-state index contributed by atoms with van der Waals surface area (Å²) in [5.41, 5.74) is 2.21. The largest absolute Gasteiger partial charge is 0.488 e. The van der Waals surface area contributed by atoms with Crippen molar-refractivity contribution in [1.29, 1.82) is 0 Å². The first-order chi connectivity index (χ1) is 7.15. The zero-order valence-corrected chi connectivity index (χ0v) is 10.7. The summed E-state index contributed by atoms with van der Waals surface area (Å²) in [5, 5.41) is 3.11. The maximum absolute atomic E-state index is 5.61. The smallest absolute Gasteiger partial charge is 0.134 e. The first-order valence-corrected chi connectivity index (χ1v) is 5.63. The van der Waals surface area contributed by atoms with Gasteiger partial charge >= 0.3 is 0 Å². The summed E-state index contributed by atoms with van der Waals surface area (Å²) >= 11 is 3.54. The van der Waals surface area contributed by atoms with E-state index in [1.807, 2.05) is 26.1 Å². The molecule has 0 aliphatic rings. The molecular formula is C12H16BrNO. The third-order valence-electron chi connectivity index (χ3n) is 1.88. The maximum Gasteiger partial charge on any atom is 0.134 e. The van der Waals surface area contributed by atoms with Crippen molar-refractivity contribution in [3.8, 4) is 5.75 Å². The second-order valence-electron chi connectivity index (χ2n) is 3.51. The fourth-order valence-corrected chi connectivity index (χ4v) is 1.71. The summed E-state index contributed by atoms with van der Waals surface area (Å²) in [6.07, 6.45) is 0. The molecule has 0 saturated carbocycles. The van der Waals surface area contributed by atoms with Crippen molar-refractivity contribution < 1.29 is 4.74 Å². The van der Waals surface area contributed by atoms with E-state index in [-0.39, 0.29) is 0 Å². The molecule has 0 aliphatic carbocycles. The van der Waals surface area contributed by atoms with Crippen LogP contribution in [0.1, 0.15) is 12.5 Å². The third kappa shape index (κ3) is 3.68. The lowest BCUT2D eigenvalue weighted by atomic mass is 10.2. The van der Waals surface area contributed by atoms with Gasteiger partial charge in [-0.2, -0.15) is 0 Å². The molecule has 0 aliphatic heterocycles. The number of hydrogen-bond acceptors (Lipinski definition) is 2. The summed E-state index contributed by atoms with van der Waals surface area (Å²) in [5.74, 6) is 0.866. The van der Waals surface area contributed by atoms with Crippen LogP contribution in [0.2, 0.25) is 0 Å². The van der Waals surface area contributed by atoms with Crippen LogP contribution in [0.4, 0.5) is 0 Å². The molecule has 0 spiro atoms. The van der Waals surface area contributed by atoms with Gasteiger partial charge in [-0.1, -0.05) is 18.7 Å². The number of halogens is 1. The molecule has 1 N–H and O–H groups in total. The lowest BCUT2D eigenvalue weighted by Crippen LogP contribution is -2.06. The van der Waals surface area contributed by atoms with E-state index in [1.54, 1.807) is 0 Å². The van der Waals surface area contributed by atoms with Crippen molar-refractivity contribution in [2.45, 2.75) is 13.5 Å².